The molecular weight excluding hydrogens is 519 g/mol. The number of carbonyl (C=O) groups is 1. The zero-order chi connectivity index (χ0) is 25.0. The van der Waals surface area contributed by atoms with Crippen LogP contribution >= 0.6 is 34.8 Å². The normalized spacial score (nSPS) is 10.9. The van der Waals surface area contributed by atoms with Crippen LogP contribution in [0.3, 0.4) is 0 Å². The molecule has 34 heavy (non-hydrogen) atoms. The zero-order valence-electron chi connectivity index (χ0n) is 17.7. The molecule has 1 amide bonds. The van der Waals surface area contributed by atoms with E-state index >= 15 is 0 Å². The highest BCUT2D eigenvalue weighted by Gasteiger charge is 2.17. The number of nitrogens with one attached hydrogen (secondary N) is 1. The van der Waals surface area contributed by atoms with Crippen LogP contribution in [0.1, 0.15) is 27.0 Å². The molecule has 0 spiro atoms. The van der Waals surface area contributed by atoms with Gasteiger partial charge in [0.15, 0.2) is 15.6 Å². The van der Waals surface area contributed by atoms with Gasteiger partial charge >= 0.3 is 0 Å². The molecule has 3 aromatic rings. The van der Waals surface area contributed by atoms with Crippen LogP contribution in [0, 0.1) is 11.3 Å². The summed E-state index contributed by atoms with van der Waals surface area (Å²) in [4.78, 5) is 12.7. The summed E-state index contributed by atoms with van der Waals surface area (Å²) in [6, 6.07) is 13.8. The highest BCUT2D eigenvalue weighted by atomic mass is 35.5. The van der Waals surface area contributed by atoms with E-state index in [4.69, 9.17) is 44.8 Å². The number of rotatable bonds is 7. The van der Waals surface area contributed by atoms with Gasteiger partial charge in [0.1, 0.15) is 5.75 Å². The fourth-order valence-electron chi connectivity index (χ4n) is 3.08. The van der Waals surface area contributed by atoms with Crippen LogP contribution in [-0.2, 0) is 16.4 Å². The predicted molar refractivity (Wildman–Crippen MR) is 134 cm³/mol. The fraction of sp³-hybridized carbons (Fsp3) is 0.0833. The van der Waals surface area contributed by atoms with Gasteiger partial charge in [-0.05, 0) is 48.0 Å². The van der Waals surface area contributed by atoms with E-state index in [9.17, 15) is 13.2 Å². The third kappa shape index (κ3) is 5.91. The highest BCUT2D eigenvalue weighted by molar-refractivity contribution is 7.90. The Morgan fingerprint density at radius 2 is 1.85 bits per heavy atom. The van der Waals surface area contributed by atoms with Crippen molar-refractivity contribution < 1.29 is 17.9 Å². The number of hydrogen-bond acceptors (Lipinski definition) is 5. The number of hydrogen-bond donors (Lipinski definition) is 1. The maximum absolute atomic E-state index is 12.7. The van der Waals surface area contributed by atoms with E-state index in [-0.39, 0.29) is 27.8 Å². The highest BCUT2D eigenvalue weighted by Crippen LogP contribution is 2.37. The van der Waals surface area contributed by atoms with E-state index in [1.807, 2.05) is 6.07 Å². The van der Waals surface area contributed by atoms with E-state index in [2.05, 4.69) is 11.9 Å². The van der Waals surface area contributed by atoms with Gasteiger partial charge in [-0.1, -0.05) is 53.5 Å². The first kappa shape index (κ1) is 25.6. The molecule has 0 saturated carbocycles. The summed E-state index contributed by atoms with van der Waals surface area (Å²) in [6.07, 6.45) is 2.59. The van der Waals surface area contributed by atoms with Gasteiger partial charge in [-0.15, -0.1) is 0 Å². The number of ether oxygens (including phenoxy) is 1. The summed E-state index contributed by atoms with van der Waals surface area (Å²) in [6.45, 7) is 3.89. The molecule has 1 N–H and O–H groups in total. The van der Waals surface area contributed by atoms with Crippen molar-refractivity contribution in [2.45, 2.75) is 11.4 Å². The second kappa shape index (κ2) is 10.5. The van der Waals surface area contributed by atoms with Gasteiger partial charge < -0.3 is 10.1 Å². The summed E-state index contributed by atoms with van der Waals surface area (Å²) >= 11 is 18.5. The minimum atomic E-state index is -3.45. The first-order valence-electron chi connectivity index (χ1n) is 9.63. The molecule has 0 radical (unpaired) electrons. The number of halogens is 3. The summed E-state index contributed by atoms with van der Waals surface area (Å²) < 4.78 is 29.3. The topological polar surface area (TPSA) is 96.3 Å². The molecular formula is C24H17Cl3N2O4S. The number of sulfone groups is 1. The number of benzene rings is 3. The lowest BCUT2D eigenvalue weighted by molar-refractivity contribution is 0.0951. The van der Waals surface area contributed by atoms with Gasteiger partial charge in [0.05, 0.1) is 32.1 Å². The number of nitrogens with zero attached hydrogens (tertiary/aromatic N) is 1. The maximum atomic E-state index is 12.7. The second-order valence-electron chi connectivity index (χ2n) is 7.14. The molecule has 0 unspecified atom stereocenters. The molecule has 3 rings (SSSR count). The first-order chi connectivity index (χ1) is 16.0. The van der Waals surface area contributed by atoms with E-state index in [1.54, 1.807) is 18.2 Å². The van der Waals surface area contributed by atoms with E-state index in [0.29, 0.717) is 32.5 Å². The lowest BCUT2D eigenvalue weighted by atomic mass is 10.1. The van der Waals surface area contributed by atoms with Gasteiger partial charge in [-0.3, -0.25) is 4.79 Å². The summed E-state index contributed by atoms with van der Waals surface area (Å²) in [5.41, 5.74) is 1.63. The molecule has 6 nitrogen and oxygen atoms in total. The smallest absolute Gasteiger partial charge is 0.253 e. The van der Waals surface area contributed by atoms with Gasteiger partial charge in [0, 0.05) is 23.4 Å². The van der Waals surface area contributed by atoms with Crippen LogP contribution in [0.4, 0.5) is 0 Å². The Balaban J connectivity index is 1.86. The maximum Gasteiger partial charge on any atom is 0.253 e. The lowest BCUT2D eigenvalue weighted by Crippen LogP contribution is -2.23. The Labute approximate surface area is 212 Å². The van der Waals surface area contributed by atoms with Gasteiger partial charge in [0.2, 0.25) is 0 Å². The van der Waals surface area contributed by atoms with Crippen molar-refractivity contribution in [3.8, 4) is 17.6 Å². The number of carbonyl (C=O) groups excluding carboxylic acids is 1. The SMILES string of the molecule is C=Cc1c(CNC(=O)c2ccc(S(C)(=O)=O)cc2Cl)ccc(Cl)c1Oc1cc(Cl)cc(C#N)c1. The van der Waals surface area contributed by atoms with Crippen molar-refractivity contribution in [1.29, 1.82) is 5.26 Å². The fourth-order valence-corrected chi connectivity index (χ4v) is 4.49. The van der Waals surface area contributed by atoms with Gasteiger partial charge in [-0.25, -0.2) is 8.42 Å². The van der Waals surface area contributed by atoms with Gasteiger partial charge in [0.25, 0.3) is 5.91 Å². The Hall–Kier alpha value is -3.02. The molecule has 0 bridgehead atoms. The van der Waals surface area contributed by atoms with Gasteiger partial charge in [-0.2, -0.15) is 5.26 Å². The van der Waals surface area contributed by atoms with Crippen molar-refractivity contribution >= 4 is 56.6 Å². The van der Waals surface area contributed by atoms with E-state index in [1.165, 1.54) is 36.4 Å². The average molecular weight is 536 g/mol. The second-order valence-corrected chi connectivity index (χ2v) is 10.4. The summed E-state index contributed by atoms with van der Waals surface area (Å²) in [7, 11) is -3.45. The van der Waals surface area contributed by atoms with Crippen molar-refractivity contribution in [1.82, 2.24) is 5.32 Å². The van der Waals surface area contributed by atoms with E-state index < -0.39 is 15.7 Å². The number of amides is 1. The minimum Gasteiger partial charge on any atom is -0.455 e. The van der Waals surface area contributed by atoms with Crippen molar-refractivity contribution in [3.63, 3.8) is 0 Å². The molecule has 174 valence electrons. The van der Waals surface area contributed by atoms with E-state index in [0.717, 1.165) is 6.26 Å². The third-order valence-corrected chi connectivity index (χ3v) is 6.65. The van der Waals surface area contributed by atoms with Crippen molar-refractivity contribution in [2.75, 3.05) is 6.26 Å². The van der Waals surface area contributed by atoms with Crippen LogP contribution in [0.5, 0.6) is 11.5 Å². The minimum absolute atomic E-state index is 0.0127. The Kier molecular flexibility index (Phi) is 7.90. The molecule has 0 atom stereocenters. The van der Waals surface area contributed by atoms with Crippen LogP contribution in [0.25, 0.3) is 6.08 Å². The third-order valence-electron chi connectivity index (χ3n) is 4.72. The van der Waals surface area contributed by atoms with Crippen LogP contribution < -0.4 is 10.1 Å². The molecule has 0 saturated heterocycles. The largest absolute Gasteiger partial charge is 0.455 e. The Bertz CT molecular complexity index is 1450. The lowest BCUT2D eigenvalue weighted by Gasteiger charge is -2.16. The quantitative estimate of drug-likeness (QED) is 0.384. The molecule has 0 fully saturated rings. The molecule has 0 aliphatic rings. The Morgan fingerprint density at radius 1 is 1.12 bits per heavy atom. The molecule has 10 heteroatoms. The van der Waals surface area contributed by atoms with Crippen molar-refractivity contribution in [2.24, 2.45) is 0 Å². The molecule has 3 aromatic carbocycles. The Morgan fingerprint density at radius 3 is 2.47 bits per heavy atom. The molecule has 0 heterocycles. The van der Waals surface area contributed by atoms with Crippen LogP contribution in [0.2, 0.25) is 15.1 Å². The summed E-state index contributed by atoms with van der Waals surface area (Å²) in [5.74, 6) is 0.101. The average Bonchev–Trinajstić information content (AvgIpc) is 2.78. The first-order valence-corrected chi connectivity index (χ1v) is 12.7. The summed E-state index contributed by atoms with van der Waals surface area (Å²) in [5, 5.41) is 12.5. The van der Waals surface area contributed by atoms with Crippen LogP contribution in [0.15, 0.2) is 60.0 Å². The molecule has 0 aromatic heterocycles. The zero-order valence-corrected chi connectivity index (χ0v) is 20.8. The number of nitriles is 1. The van der Waals surface area contributed by atoms with Crippen molar-refractivity contribution in [3.05, 3.63) is 92.4 Å². The standard InChI is InChI=1S/C24H17Cl3N2O4S/c1-3-19-15(13-29-24(30)20-6-5-18(11-22(20)27)34(2,31)32)4-7-21(26)23(19)33-17-9-14(12-28)8-16(25)10-17/h3-11H,1,13H2,2H3,(H,29,30). The molecule has 0 aliphatic heterocycles. The monoisotopic (exact) mass is 534 g/mol. The van der Waals surface area contributed by atoms with Crippen LogP contribution in [-0.4, -0.2) is 20.6 Å². The molecule has 0 aliphatic carbocycles. The predicted octanol–water partition coefficient (Wildman–Crippen LogP) is 6.29.